The predicted octanol–water partition coefficient (Wildman–Crippen LogP) is 1.16. The van der Waals surface area contributed by atoms with Crippen molar-refractivity contribution in [3.05, 3.63) is 0 Å². The fourth-order valence-electron chi connectivity index (χ4n) is 0.661. The van der Waals surface area contributed by atoms with Crippen LogP contribution in [-0.4, -0.2) is 31.2 Å². The molecule has 0 heterocycles. The summed E-state index contributed by atoms with van der Waals surface area (Å²) in [5, 5.41) is 8.69. The lowest BCUT2D eigenvalue weighted by Gasteiger charge is -2.06. The Morgan fingerprint density at radius 1 is 1.27 bits per heavy atom. The molecule has 0 aromatic heterocycles. The Morgan fingerprint density at radius 2 is 2.00 bits per heavy atom. The highest BCUT2D eigenvalue weighted by Crippen LogP contribution is 1.89. The van der Waals surface area contributed by atoms with Gasteiger partial charge in [0.25, 0.3) is 0 Å². The van der Waals surface area contributed by atoms with Crippen LogP contribution in [0.4, 0.5) is 0 Å². The quantitative estimate of drug-likeness (QED) is 0.451. The van der Waals surface area contributed by atoms with Crippen molar-refractivity contribution in [2.24, 2.45) is 0 Å². The molecule has 0 radical (unpaired) electrons. The van der Waals surface area contributed by atoms with Crippen LogP contribution < -0.4 is 0 Å². The molecule has 0 aromatic carbocycles. The topological polar surface area (TPSA) is 38.7 Å². The molecule has 0 spiro atoms. The fraction of sp³-hybridized carbons (Fsp3) is 1.00. The van der Waals surface area contributed by atoms with Crippen LogP contribution in [0.5, 0.6) is 0 Å². The molecule has 3 nitrogen and oxygen atoms in total. The Balaban J connectivity index is 2.80. The number of rotatable bonds is 7. The number of aliphatic hydroxyl groups is 1. The lowest BCUT2D eigenvalue weighted by atomic mass is 10.5. The fourth-order valence-corrected chi connectivity index (χ4v) is 0.661. The molecule has 3 heteroatoms. The van der Waals surface area contributed by atoms with Crippen molar-refractivity contribution in [3.8, 4) is 0 Å². The van der Waals surface area contributed by atoms with Gasteiger partial charge in [-0.05, 0) is 19.8 Å². The van der Waals surface area contributed by atoms with Crippen molar-refractivity contribution in [1.82, 2.24) is 0 Å². The zero-order chi connectivity index (χ0) is 8.53. The van der Waals surface area contributed by atoms with Gasteiger partial charge in [-0.1, -0.05) is 6.92 Å². The van der Waals surface area contributed by atoms with Crippen LogP contribution >= 0.6 is 0 Å². The van der Waals surface area contributed by atoms with Crippen LogP contribution in [0.2, 0.25) is 0 Å². The standard InChI is InChI=1S/C8H18O3/c1-3-5-10-6-4-7-11-8(2)9/h8-9H,3-7H2,1-2H3. The van der Waals surface area contributed by atoms with Gasteiger partial charge in [-0.3, -0.25) is 0 Å². The number of aliphatic hydroxyl groups excluding tert-OH is 1. The van der Waals surface area contributed by atoms with Crippen molar-refractivity contribution < 1.29 is 14.6 Å². The van der Waals surface area contributed by atoms with Crippen LogP contribution in [0.25, 0.3) is 0 Å². The smallest absolute Gasteiger partial charge is 0.151 e. The maximum atomic E-state index is 8.69. The Labute approximate surface area is 68.3 Å². The number of ether oxygens (including phenoxy) is 2. The van der Waals surface area contributed by atoms with Crippen LogP contribution in [0.1, 0.15) is 26.7 Å². The molecule has 0 rings (SSSR count). The van der Waals surface area contributed by atoms with E-state index in [0.717, 1.165) is 26.1 Å². The van der Waals surface area contributed by atoms with E-state index in [9.17, 15) is 0 Å². The van der Waals surface area contributed by atoms with Gasteiger partial charge in [-0.2, -0.15) is 0 Å². The van der Waals surface area contributed by atoms with E-state index in [0.29, 0.717) is 6.61 Å². The van der Waals surface area contributed by atoms with E-state index in [1.165, 1.54) is 0 Å². The summed E-state index contributed by atoms with van der Waals surface area (Å²) in [4.78, 5) is 0. The highest BCUT2D eigenvalue weighted by atomic mass is 16.6. The Bertz CT molecular complexity index is 73.7. The molecule has 1 N–H and O–H groups in total. The number of hydrogen-bond acceptors (Lipinski definition) is 3. The molecule has 0 saturated heterocycles. The minimum absolute atomic E-state index is 0.571. The second kappa shape index (κ2) is 7.98. The predicted molar refractivity (Wildman–Crippen MR) is 43.4 cm³/mol. The summed E-state index contributed by atoms with van der Waals surface area (Å²) in [7, 11) is 0. The highest BCUT2D eigenvalue weighted by Gasteiger charge is 1.93. The van der Waals surface area contributed by atoms with E-state index in [1.54, 1.807) is 6.92 Å². The first-order valence-corrected chi connectivity index (χ1v) is 4.14. The second-order valence-electron chi connectivity index (χ2n) is 2.44. The van der Waals surface area contributed by atoms with Crippen LogP contribution in [0, 0.1) is 0 Å². The molecular formula is C8H18O3. The molecule has 0 fully saturated rings. The Morgan fingerprint density at radius 3 is 2.55 bits per heavy atom. The van der Waals surface area contributed by atoms with Crippen LogP contribution in [0.15, 0.2) is 0 Å². The molecule has 0 aromatic rings. The van der Waals surface area contributed by atoms with Gasteiger partial charge < -0.3 is 14.6 Å². The van der Waals surface area contributed by atoms with Crippen LogP contribution in [0.3, 0.4) is 0 Å². The molecule has 0 bridgehead atoms. The lowest BCUT2D eigenvalue weighted by molar-refractivity contribution is -0.0890. The molecule has 0 aliphatic carbocycles. The second-order valence-corrected chi connectivity index (χ2v) is 2.44. The SMILES string of the molecule is CCCOCCCOC(C)O. The first kappa shape index (κ1) is 10.9. The van der Waals surface area contributed by atoms with E-state index in [4.69, 9.17) is 14.6 Å². The van der Waals surface area contributed by atoms with Gasteiger partial charge in [0.15, 0.2) is 6.29 Å². The number of hydrogen-bond donors (Lipinski definition) is 1. The molecule has 0 amide bonds. The van der Waals surface area contributed by atoms with E-state index in [1.807, 2.05) is 0 Å². The molecule has 68 valence electrons. The summed E-state index contributed by atoms with van der Waals surface area (Å²) >= 11 is 0. The lowest BCUT2D eigenvalue weighted by Crippen LogP contribution is -2.09. The third kappa shape index (κ3) is 9.88. The molecule has 0 saturated carbocycles. The highest BCUT2D eigenvalue weighted by molar-refractivity contribution is 4.35. The van der Waals surface area contributed by atoms with Crippen molar-refractivity contribution in [3.63, 3.8) is 0 Å². The summed E-state index contributed by atoms with van der Waals surface area (Å²) in [6.45, 7) is 5.79. The molecular weight excluding hydrogens is 144 g/mol. The average molecular weight is 162 g/mol. The minimum atomic E-state index is -0.652. The van der Waals surface area contributed by atoms with Crippen LogP contribution in [-0.2, 0) is 9.47 Å². The third-order valence-corrected chi connectivity index (χ3v) is 1.14. The zero-order valence-corrected chi connectivity index (χ0v) is 7.38. The van der Waals surface area contributed by atoms with Crippen molar-refractivity contribution in [1.29, 1.82) is 0 Å². The average Bonchev–Trinajstić information content (AvgIpc) is 1.96. The van der Waals surface area contributed by atoms with Gasteiger partial charge >= 0.3 is 0 Å². The molecule has 0 aliphatic rings. The van der Waals surface area contributed by atoms with E-state index in [2.05, 4.69) is 6.92 Å². The summed E-state index contributed by atoms with van der Waals surface area (Å²) in [6.07, 6.45) is 1.25. The normalized spacial score (nSPS) is 13.4. The molecule has 0 aliphatic heterocycles. The van der Waals surface area contributed by atoms with Gasteiger partial charge in [0.05, 0.1) is 6.61 Å². The zero-order valence-electron chi connectivity index (χ0n) is 7.38. The van der Waals surface area contributed by atoms with Gasteiger partial charge in [-0.15, -0.1) is 0 Å². The van der Waals surface area contributed by atoms with E-state index < -0.39 is 6.29 Å². The monoisotopic (exact) mass is 162 g/mol. The summed E-state index contributed by atoms with van der Waals surface area (Å²) in [5.41, 5.74) is 0. The van der Waals surface area contributed by atoms with E-state index in [-0.39, 0.29) is 0 Å². The summed E-state index contributed by atoms with van der Waals surface area (Å²) in [5.74, 6) is 0. The minimum Gasteiger partial charge on any atom is -0.381 e. The van der Waals surface area contributed by atoms with Gasteiger partial charge in [-0.25, -0.2) is 0 Å². The van der Waals surface area contributed by atoms with Gasteiger partial charge in [0.2, 0.25) is 0 Å². The van der Waals surface area contributed by atoms with E-state index >= 15 is 0 Å². The van der Waals surface area contributed by atoms with Crippen molar-refractivity contribution in [2.45, 2.75) is 33.0 Å². The first-order valence-electron chi connectivity index (χ1n) is 4.14. The van der Waals surface area contributed by atoms with Crippen molar-refractivity contribution >= 4 is 0 Å². The maximum Gasteiger partial charge on any atom is 0.151 e. The maximum absolute atomic E-state index is 8.69. The summed E-state index contributed by atoms with van der Waals surface area (Å²) in [6, 6.07) is 0. The first-order chi connectivity index (χ1) is 5.27. The third-order valence-electron chi connectivity index (χ3n) is 1.14. The Hall–Kier alpha value is -0.120. The Kier molecular flexibility index (Phi) is 7.89. The molecule has 11 heavy (non-hydrogen) atoms. The largest absolute Gasteiger partial charge is 0.381 e. The molecule has 1 unspecified atom stereocenters. The van der Waals surface area contributed by atoms with Gasteiger partial charge in [0, 0.05) is 13.2 Å². The summed E-state index contributed by atoms with van der Waals surface area (Å²) < 4.78 is 10.1. The molecule has 1 atom stereocenters. The van der Waals surface area contributed by atoms with Crippen molar-refractivity contribution in [2.75, 3.05) is 19.8 Å². The van der Waals surface area contributed by atoms with Gasteiger partial charge in [0.1, 0.15) is 0 Å².